The molecule has 2 aromatic heterocycles. The average Bonchev–Trinajstić information content (AvgIpc) is 2.68. The normalized spacial score (nSPS) is 13.2. The zero-order chi connectivity index (χ0) is 12.4. The SMILES string of the molecule is Cc1nsc2ncnc(NCC(C)C(C)C)c12. The molecule has 0 spiro atoms. The quantitative estimate of drug-likeness (QED) is 0.906. The van der Waals surface area contributed by atoms with Crippen molar-refractivity contribution in [3.8, 4) is 0 Å². The Morgan fingerprint density at radius 2 is 2.06 bits per heavy atom. The van der Waals surface area contributed by atoms with Gasteiger partial charge in [-0.05, 0) is 30.3 Å². The van der Waals surface area contributed by atoms with E-state index in [0.717, 1.165) is 28.3 Å². The molecule has 1 atom stereocenters. The molecule has 0 bridgehead atoms. The van der Waals surface area contributed by atoms with Gasteiger partial charge in [0.05, 0.1) is 11.1 Å². The third-order valence-electron chi connectivity index (χ3n) is 3.17. The minimum absolute atomic E-state index is 0.618. The third-order valence-corrected chi connectivity index (χ3v) is 4.02. The third kappa shape index (κ3) is 2.54. The lowest BCUT2D eigenvalue weighted by atomic mass is 9.98. The molecule has 0 aliphatic heterocycles. The predicted molar refractivity (Wildman–Crippen MR) is 72.4 cm³/mol. The Morgan fingerprint density at radius 1 is 1.29 bits per heavy atom. The van der Waals surface area contributed by atoms with E-state index in [-0.39, 0.29) is 0 Å². The van der Waals surface area contributed by atoms with Crippen LogP contribution in [0.25, 0.3) is 10.2 Å². The van der Waals surface area contributed by atoms with Crippen molar-refractivity contribution in [1.29, 1.82) is 0 Å². The van der Waals surface area contributed by atoms with E-state index in [2.05, 4.69) is 40.4 Å². The Labute approximate surface area is 106 Å². The summed E-state index contributed by atoms with van der Waals surface area (Å²) in [4.78, 5) is 9.50. The van der Waals surface area contributed by atoms with Crippen molar-refractivity contribution in [2.24, 2.45) is 11.8 Å². The highest BCUT2D eigenvalue weighted by molar-refractivity contribution is 7.13. The number of fused-ring (bicyclic) bond motifs is 1. The van der Waals surface area contributed by atoms with Crippen molar-refractivity contribution in [3.63, 3.8) is 0 Å². The summed E-state index contributed by atoms with van der Waals surface area (Å²) in [7, 11) is 0. The molecule has 1 unspecified atom stereocenters. The molecule has 5 heteroatoms. The van der Waals surface area contributed by atoms with Gasteiger partial charge in [0.15, 0.2) is 0 Å². The number of nitrogens with one attached hydrogen (secondary N) is 1. The highest BCUT2D eigenvalue weighted by Gasteiger charge is 2.12. The summed E-state index contributed by atoms with van der Waals surface area (Å²) < 4.78 is 4.32. The zero-order valence-corrected chi connectivity index (χ0v) is 11.5. The number of rotatable bonds is 4. The van der Waals surface area contributed by atoms with Crippen LogP contribution in [0.5, 0.6) is 0 Å². The van der Waals surface area contributed by atoms with E-state index in [0.29, 0.717) is 11.8 Å². The summed E-state index contributed by atoms with van der Waals surface area (Å²) in [5, 5.41) is 4.47. The predicted octanol–water partition coefficient (Wildman–Crippen LogP) is 3.10. The van der Waals surface area contributed by atoms with E-state index in [1.807, 2.05) is 6.92 Å². The molecule has 17 heavy (non-hydrogen) atoms. The van der Waals surface area contributed by atoms with Crippen LogP contribution >= 0.6 is 11.5 Å². The highest BCUT2D eigenvalue weighted by atomic mass is 32.1. The van der Waals surface area contributed by atoms with Crippen LogP contribution in [-0.4, -0.2) is 20.9 Å². The first-order valence-electron chi connectivity index (χ1n) is 5.90. The molecule has 0 saturated carbocycles. The second-order valence-electron chi connectivity index (χ2n) is 4.77. The number of nitrogens with zero attached hydrogens (tertiary/aromatic N) is 3. The molecule has 4 nitrogen and oxygen atoms in total. The first-order chi connectivity index (χ1) is 8.09. The fourth-order valence-electron chi connectivity index (χ4n) is 1.55. The van der Waals surface area contributed by atoms with Crippen molar-refractivity contribution in [2.75, 3.05) is 11.9 Å². The lowest BCUT2D eigenvalue weighted by Gasteiger charge is -2.16. The van der Waals surface area contributed by atoms with Gasteiger partial charge >= 0.3 is 0 Å². The molecule has 0 radical (unpaired) electrons. The smallest absolute Gasteiger partial charge is 0.149 e. The molecule has 0 aliphatic carbocycles. The molecule has 0 amide bonds. The molecule has 92 valence electrons. The summed E-state index contributed by atoms with van der Waals surface area (Å²) in [5.74, 6) is 2.20. The maximum absolute atomic E-state index is 4.32. The Bertz CT molecular complexity index is 506. The van der Waals surface area contributed by atoms with Crippen molar-refractivity contribution in [3.05, 3.63) is 12.0 Å². The van der Waals surface area contributed by atoms with Crippen molar-refractivity contribution in [1.82, 2.24) is 14.3 Å². The number of hydrogen-bond acceptors (Lipinski definition) is 5. The number of aryl methyl sites for hydroxylation is 1. The first kappa shape index (κ1) is 12.2. The lowest BCUT2D eigenvalue weighted by molar-refractivity contribution is 0.439. The molecular formula is C12H18N4S. The molecular weight excluding hydrogens is 232 g/mol. The summed E-state index contributed by atoms with van der Waals surface area (Å²) in [6.45, 7) is 9.64. The monoisotopic (exact) mass is 250 g/mol. The molecule has 1 N–H and O–H groups in total. The van der Waals surface area contributed by atoms with E-state index < -0.39 is 0 Å². The largest absolute Gasteiger partial charge is 0.369 e. The average molecular weight is 250 g/mol. The van der Waals surface area contributed by atoms with Gasteiger partial charge in [-0.3, -0.25) is 0 Å². The Balaban J connectivity index is 2.21. The van der Waals surface area contributed by atoms with Crippen LogP contribution < -0.4 is 5.32 Å². The van der Waals surface area contributed by atoms with Gasteiger partial charge in [0, 0.05) is 6.54 Å². The summed E-state index contributed by atoms with van der Waals surface area (Å²) in [6.07, 6.45) is 1.60. The van der Waals surface area contributed by atoms with Gasteiger partial charge in [-0.2, -0.15) is 4.37 Å². The zero-order valence-electron chi connectivity index (χ0n) is 10.7. The summed E-state index contributed by atoms with van der Waals surface area (Å²) >= 11 is 1.43. The lowest BCUT2D eigenvalue weighted by Crippen LogP contribution is -2.17. The number of hydrogen-bond donors (Lipinski definition) is 1. The van der Waals surface area contributed by atoms with Crippen LogP contribution in [0.3, 0.4) is 0 Å². The van der Waals surface area contributed by atoms with E-state index in [4.69, 9.17) is 0 Å². The summed E-state index contributed by atoms with van der Waals surface area (Å²) in [5.41, 5.74) is 1.00. The topological polar surface area (TPSA) is 50.7 Å². The number of anilines is 1. The second-order valence-corrected chi connectivity index (χ2v) is 5.52. The van der Waals surface area contributed by atoms with Gasteiger partial charge in [0.2, 0.25) is 0 Å². The van der Waals surface area contributed by atoms with Crippen molar-refractivity contribution >= 4 is 27.6 Å². The second kappa shape index (κ2) is 4.96. The molecule has 2 rings (SSSR count). The molecule has 0 fully saturated rings. The standard InChI is InChI=1S/C12H18N4S/c1-7(2)8(3)5-13-11-10-9(4)16-17-12(10)15-6-14-11/h6-8H,5H2,1-4H3,(H,13,14,15). The molecule has 2 heterocycles. The van der Waals surface area contributed by atoms with E-state index in [1.165, 1.54) is 11.5 Å². The first-order valence-corrected chi connectivity index (χ1v) is 6.67. The van der Waals surface area contributed by atoms with Gasteiger partial charge in [-0.25, -0.2) is 9.97 Å². The van der Waals surface area contributed by atoms with Crippen molar-refractivity contribution in [2.45, 2.75) is 27.7 Å². The fraction of sp³-hybridized carbons (Fsp3) is 0.583. The van der Waals surface area contributed by atoms with Gasteiger partial charge < -0.3 is 5.32 Å². The van der Waals surface area contributed by atoms with Gasteiger partial charge in [0.25, 0.3) is 0 Å². The minimum Gasteiger partial charge on any atom is -0.369 e. The maximum Gasteiger partial charge on any atom is 0.149 e. The van der Waals surface area contributed by atoms with Gasteiger partial charge in [-0.1, -0.05) is 20.8 Å². The Hall–Kier alpha value is -1.23. The molecule has 0 aliphatic rings. The van der Waals surface area contributed by atoms with Crippen LogP contribution in [0.15, 0.2) is 6.33 Å². The van der Waals surface area contributed by atoms with Crippen molar-refractivity contribution < 1.29 is 0 Å². The highest BCUT2D eigenvalue weighted by Crippen LogP contribution is 2.26. The number of aromatic nitrogens is 3. The molecule has 0 aromatic carbocycles. The van der Waals surface area contributed by atoms with E-state index in [9.17, 15) is 0 Å². The van der Waals surface area contributed by atoms with Crippen LogP contribution in [0.1, 0.15) is 26.5 Å². The van der Waals surface area contributed by atoms with E-state index >= 15 is 0 Å². The minimum atomic E-state index is 0.618. The van der Waals surface area contributed by atoms with E-state index in [1.54, 1.807) is 6.33 Å². The molecule has 0 saturated heterocycles. The van der Waals surface area contributed by atoms with Crippen LogP contribution in [-0.2, 0) is 0 Å². The van der Waals surface area contributed by atoms with Crippen LogP contribution in [0.2, 0.25) is 0 Å². The Morgan fingerprint density at radius 3 is 2.76 bits per heavy atom. The van der Waals surface area contributed by atoms with Gasteiger partial charge in [0.1, 0.15) is 17.0 Å². The van der Waals surface area contributed by atoms with Crippen LogP contribution in [0, 0.1) is 18.8 Å². The van der Waals surface area contributed by atoms with Gasteiger partial charge in [-0.15, -0.1) is 0 Å². The summed E-state index contributed by atoms with van der Waals surface area (Å²) in [6, 6.07) is 0. The van der Waals surface area contributed by atoms with Crippen LogP contribution in [0.4, 0.5) is 5.82 Å². The maximum atomic E-state index is 4.32. The fourth-order valence-corrected chi connectivity index (χ4v) is 2.29. The molecule has 2 aromatic rings. The Kier molecular flexibility index (Phi) is 3.57.